The maximum absolute atomic E-state index is 10.7. The summed E-state index contributed by atoms with van der Waals surface area (Å²) >= 11 is 0. The fraction of sp³-hybridized carbons (Fsp3) is 0.571. The van der Waals surface area contributed by atoms with Gasteiger partial charge in [0.1, 0.15) is 6.04 Å². The van der Waals surface area contributed by atoms with Gasteiger partial charge in [0.2, 0.25) is 0 Å². The number of hydrogen-bond acceptors (Lipinski definition) is 3. The van der Waals surface area contributed by atoms with E-state index in [0.717, 1.165) is 0 Å². The summed E-state index contributed by atoms with van der Waals surface area (Å²) in [7, 11) is 0. The molecular formula is C7H11NO3. The van der Waals surface area contributed by atoms with Crippen molar-refractivity contribution in [1.82, 2.24) is 0 Å². The van der Waals surface area contributed by atoms with Crippen LogP contribution in [0.25, 0.3) is 0 Å². The quantitative estimate of drug-likeness (QED) is 0.591. The Labute approximate surface area is 64.9 Å². The van der Waals surface area contributed by atoms with Gasteiger partial charge in [-0.05, 0) is 20.1 Å². The van der Waals surface area contributed by atoms with Crippen LogP contribution in [0.4, 0.5) is 0 Å². The number of carboxylic acids is 1. The second-order valence-corrected chi connectivity index (χ2v) is 2.24. The monoisotopic (exact) mass is 157 g/mol. The fourth-order valence-electron chi connectivity index (χ4n) is 0.683. The Morgan fingerprint density at radius 2 is 2.18 bits per heavy atom. The van der Waals surface area contributed by atoms with Crippen LogP contribution < -0.4 is 0 Å². The molecule has 0 spiro atoms. The van der Waals surface area contributed by atoms with Crippen LogP contribution in [-0.2, 0) is 9.59 Å². The van der Waals surface area contributed by atoms with Gasteiger partial charge in [0.05, 0.1) is 0 Å². The molecule has 0 aromatic carbocycles. The summed E-state index contributed by atoms with van der Waals surface area (Å²) in [5.41, 5.74) is 0. The molecule has 4 nitrogen and oxygen atoms in total. The molecule has 0 aliphatic carbocycles. The molecule has 0 bridgehead atoms. The molecule has 0 aromatic rings. The summed E-state index contributed by atoms with van der Waals surface area (Å²) in [6.45, 7) is 4.57. The van der Waals surface area contributed by atoms with E-state index in [1.807, 2.05) is 0 Å². The predicted octanol–water partition coefficient (Wildman–Crippen LogP) is 0.509. The molecule has 11 heavy (non-hydrogen) atoms. The molecule has 0 aliphatic heterocycles. The van der Waals surface area contributed by atoms with Crippen molar-refractivity contribution in [3.63, 3.8) is 0 Å². The first kappa shape index (κ1) is 9.81. The van der Waals surface area contributed by atoms with E-state index in [9.17, 15) is 9.59 Å². The molecule has 0 saturated heterocycles. The number of hydrogen-bond donors (Lipinski definition) is 1. The Bertz CT molecular complexity index is 177. The highest BCUT2D eigenvalue weighted by atomic mass is 16.4. The summed E-state index contributed by atoms with van der Waals surface area (Å²) in [5.74, 6) is -1.05. The first-order chi connectivity index (χ1) is 5.07. The maximum Gasteiger partial charge on any atom is 0.303 e. The van der Waals surface area contributed by atoms with Crippen LogP contribution in [0.5, 0.6) is 0 Å². The van der Waals surface area contributed by atoms with Crippen molar-refractivity contribution in [1.29, 1.82) is 0 Å². The van der Waals surface area contributed by atoms with Gasteiger partial charge in [0.25, 0.3) is 0 Å². The second kappa shape index (κ2) is 4.60. The van der Waals surface area contributed by atoms with Crippen LogP contribution in [-0.4, -0.2) is 29.6 Å². The molecule has 0 heterocycles. The predicted molar refractivity (Wildman–Crippen MR) is 40.9 cm³/mol. The summed E-state index contributed by atoms with van der Waals surface area (Å²) in [4.78, 5) is 24.2. The van der Waals surface area contributed by atoms with E-state index in [4.69, 9.17) is 5.11 Å². The van der Waals surface area contributed by atoms with Gasteiger partial charge in [-0.15, -0.1) is 0 Å². The van der Waals surface area contributed by atoms with Crippen LogP contribution >= 0.6 is 0 Å². The number of aliphatic carboxylic acids is 1. The van der Waals surface area contributed by atoms with Gasteiger partial charge in [-0.2, -0.15) is 0 Å². The number of rotatable bonds is 5. The van der Waals surface area contributed by atoms with Crippen molar-refractivity contribution >= 4 is 18.5 Å². The lowest BCUT2D eigenvalue weighted by molar-refractivity contribution is -0.137. The van der Waals surface area contributed by atoms with Crippen LogP contribution in [0.2, 0.25) is 0 Å². The number of carbonyl (C=O) groups is 2. The highest BCUT2D eigenvalue weighted by Crippen LogP contribution is 2.02. The average Bonchev–Trinajstić information content (AvgIpc) is 1.87. The standard InChI is InChI=1S/C7H11NO3/c1-5(9)6(8-2)3-4-7(10)11/h6H,2-4H2,1H3,(H,10,11)/t6-/m0/s1. The molecule has 0 radical (unpaired) electrons. The minimum absolute atomic E-state index is 0.0384. The zero-order chi connectivity index (χ0) is 8.85. The van der Waals surface area contributed by atoms with E-state index in [-0.39, 0.29) is 18.6 Å². The third kappa shape index (κ3) is 4.25. The van der Waals surface area contributed by atoms with Gasteiger partial charge >= 0.3 is 5.97 Å². The second-order valence-electron chi connectivity index (χ2n) is 2.24. The van der Waals surface area contributed by atoms with Gasteiger partial charge in [-0.1, -0.05) is 0 Å². The number of nitrogens with zero attached hydrogens (tertiary/aromatic N) is 1. The van der Waals surface area contributed by atoms with Gasteiger partial charge in [0, 0.05) is 6.42 Å². The summed E-state index contributed by atoms with van der Waals surface area (Å²) in [5, 5.41) is 8.27. The smallest absolute Gasteiger partial charge is 0.303 e. The van der Waals surface area contributed by atoms with E-state index in [1.54, 1.807) is 0 Å². The van der Waals surface area contributed by atoms with Crippen LogP contribution in [0.1, 0.15) is 19.8 Å². The Kier molecular flexibility index (Phi) is 4.10. The molecular weight excluding hydrogens is 146 g/mol. The van der Waals surface area contributed by atoms with Crippen LogP contribution in [0, 0.1) is 0 Å². The summed E-state index contributed by atoms with van der Waals surface area (Å²) < 4.78 is 0. The van der Waals surface area contributed by atoms with E-state index >= 15 is 0 Å². The fourth-order valence-corrected chi connectivity index (χ4v) is 0.683. The Balaban J connectivity index is 3.79. The average molecular weight is 157 g/mol. The topological polar surface area (TPSA) is 66.7 Å². The van der Waals surface area contributed by atoms with Crippen molar-refractivity contribution in [3.05, 3.63) is 0 Å². The van der Waals surface area contributed by atoms with Crippen molar-refractivity contribution in [2.24, 2.45) is 4.99 Å². The van der Waals surface area contributed by atoms with E-state index < -0.39 is 12.0 Å². The van der Waals surface area contributed by atoms with E-state index in [1.165, 1.54) is 6.92 Å². The number of Topliss-reactive ketones (excluding diaryl/α,β-unsaturated/α-hetero) is 1. The lowest BCUT2D eigenvalue weighted by Crippen LogP contribution is -2.16. The first-order valence-corrected chi connectivity index (χ1v) is 3.26. The molecule has 0 rings (SSSR count). The molecule has 4 heteroatoms. The molecule has 0 saturated carbocycles. The molecule has 0 unspecified atom stereocenters. The third-order valence-electron chi connectivity index (χ3n) is 1.32. The summed E-state index contributed by atoms with van der Waals surface area (Å²) in [6, 6.07) is -0.550. The van der Waals surface area contributed by atoms with Crippen LogP contribution in [0.3, 0.4) is 0 Å². The molecule has 0 aliphatic rings. The van der Waals surface area contributed by atoms with Crippen molar-refractivity contribution in [2.45, 2.75) is 25.8 Å². The zero-order valence-electron chi connectivity index (χ0n) is 6.41. The van der Waals surface area contributed by atoms with Gasteiger partial charge in [-0.3, -0.25) is 14.6 Å². The Hall–Kier alpha value is -1.19. The van der Waals surface area contributed by atoms with Crippen molar-refractivity contribution in [2.75, 3.05) is 0 Å². The zero-order valence-corrected chi connectivity index (χ0v) is 6.41. The number of carboxylic acid groups (broad SMARTS) is 1. The highest BCUT2D eigenvalue weighted by molar-refractivity contribution is 5.82. The first-order valence-electron chi connectivity index (χ1n) is 3.26. The normalized spacial score (nSPS) is 12.1. The Morgan fingerprint density at radius 1 is 1.64 bits per heavy atom. The molecule has 0 aromatic heterocycles. The van der Waals surface area contributed by atoms with Gasteiger partial charge in [-0.25, -0.2) is 0 Å². The minimum Gasteiger partial charge on any atom is -0.481 e. The molecule has 1 N–H and O–H groups in total. The van der Waals surface area contributed by atoms with E-state index in [2.05, 4.69) is 11.7 Å². The van der Waals surface area contributed by atoms with Crippen molar-refractivity contribution in [3.8, 4) is 0 Å². The SMILES string of the molecule is C=N[C@@H](CCC(=O)O)C(C)=O. The number of ketones is 1. The van der Waals surface area contributed by atoms with Gasteiger partial charge < -0.3 is 5.11 Å². The molecule has 62 valence electrons. The number of carbonyl (C=O) groups excluding carboxylic acids is 1. The lowest BCUT2D eigenvalue weighted by atomic mass is 10.1. The third-order valence-corrected chi connectivity index (χ3v) is 1.32. The molecule has 0 amide bonds. The maximum atomic E-state index is 10.7. The van der Waals surface area contributed by atoms with Crippen LogP contribution in [0.15, 0.2) is 4.99 Å². The Morgan fingerprint density at radius 3 is 2.45 bits per heavy atom. The largest absolute Gasteiger partial charge is 0.481 e. The molecule has 1 atom stereocenters. The molecule has 0 fully saturated rings. The van der Waals surface area contributed by atoms with Gasteiger partial charge in [0.15, 0.2) is 5.78 Å². The van der Waals surface area contributed by atoms with Crippen molar-refractivity contribution < 1.29 is 14.7 Å². The minimum atomic E-state index is -0.917. The highest BCUT2D eigenvalue weighted by Gasteiger charge is 2.12. The summed E-state index contributed by atoms with van der Waals surface area (Å²) in [6.07, 6.45) is 0.206. The lowest BCUT2D eigenvalue weighted by Gasteiger charge is -2.04. The van der Waals surface area contributed by atoms with E-state index in [0.29, 0.717) is 0 Å². The number of aliphatic imine (C=N–C) groups is 1.